The number of phenols is 2. The molecule has 0 aliphatic rings. The second-order valence-electron chi connectivity index (χ2n) is 2.66. The van der Waals surface area contributed by atoms with E-state index in [1.807, 2.05) is 0 Å². The summed E-state index contributed by atoms with van der Waals surface area (Å²) >= 11 is 9.68. The first kappa shape index (κ1) is 15.7. The normalized spacial score (nSPS) is 9.87. The Kier molecular flexibility index (Phi) is 6.74. The molecule has 0 aliphatic heterocycles. The fraction of sp³-hybridized carbons (Fsp3) is 0.250. The first-order valence-electron chi connectivity index (χ1n) is 3.78. The van der Waals surface area contributed by atoms with Gasteiger partial charge < -0.3 is 15.9 Å². The van der Waals surface area contributed by atoms with Crippen molar-refractivity contribution in [1.82, 2.24) is 0 Å². The molecule has 1 aromatic carbocycles. The van der Waals surface area contributed by atoms with Gasteiger partial charge in [-0.05, 0) is 66.3 Å². The Morgan fingerprint density at radius 1 is 0.933 bits per heavy atom. The molecule has 15 heavy (non-hydrogen) atoms. The van der Waals surface area contributed by atoms with Gasteiger partial charge in [-0.15, -0.1) is 17.0 Å². The Labute approximate surface area is 123 Å². The Balaban J connectivity index is 0.00000196. The lowest BCUT2D eigenvalue weighted by Crippen LogP contribution is -2.04. The molecule has 86 valence electrons. The summed E-state index contributed by atoms with van der Waals surface area (Å²) in [4.78, 5) is 0. The Bertz CT molecular complexity index is 341. The van der Waals surface area contributed by atoms with Gasteiger partial charge in [-0.25, -0.2) is 0 Å². The molecular formula is C8H9Br4NO2. The van der Waals surface area contributed by atoms with Gasteiger partial charge in [0.1, 0.15) is 0 Å². The zero-order valence-corrected chi connectivity index (χ0v) is 13.9. The molecule has 1 rings (SSSR count). The highest BCUT2D eigenvalue weighted by Crippen LogP contribution is 2.46. The number of hydrogen-bond donors (Lipinski definition) is 3. The van der Waals surface area contributed by atoms with Crippen LogP contribution in [0.2, 0.25) is 0 Å². The molecule has 0 fully saturated rings. The van der Waals surface area contributed by atoms with E-state index in [0.29, 0.717) is 26.4 Å². The van der Waals surface area contributed by atoms with Crippen molar-refractivity contribution in [1.29, 1.82) is 0 Å². The summed E-state index contributed by atoms with van der Waals surface area (Å²) in [6.07, 6.45) is 0.605. The fourth-order valence-corrected chi connectivity index (χ4v) is 2.91. The van der Waals surface area contributed by atoms with Crippen LogP contribution in [0.25, 0.3) is 0 Å². The fourth-order valence-electron chi connectivity index (χ4n) is 1.05. The summed E-state index contributed by atoms with van der Waals surface area (Å²) < 4.78 is 1.60. The number of hydrogen-bond acceptors (Lipinski definition) is 3. The predicted molar refractivity (Wildman–Crippen MR) is 76.0 cm³/mol. The summed E-state index contributed by atoms with van der Waals surface area (Å²) in [6.45, 7) is 0.466. The van der Waals surface area contributed by atoms with Gasteiger partial charge in [0, 0.05) is 4.47 Å². The second kappa shape index (κ2) is 6.44. The van der Waals surface area contributed by atoms with Crippen molar-refractivity contribution in [3.8, 4) is 11.5 Å². The number of rotatable bonds is 2. The molecule has 0 aromatic heterocycles. The minimum Gasteiger partial charge on any atom is -0.503 e. The van der Waals surface area contributed by atoms with Gasteiger partial charge >= 0.3 is 0 Å². The molecule has 3 nitrogen and oxygen atoms in total. The van der Waals surface area contributed by atoms with Crippen LogP contribution in [0.15, 0.2) is 13.4 Å². The molecule has 0 heterocycles. The van der Waals surface area contributed by atoms with Gasteiger partial charge in [0.25, 0.3) is 0 Å². The van der Waals surface area contributed by atoms with Gasteiger partial charge in [-0.2, -0.15) is 0 Å². The smallest absolute Gasteiger partial charge is 0.174 e. The molecule has 4 N–H and O–H groups in total. The first-order chi connectivity index (χ1) is 6.50. The van der Waals surface area contributed by atoms with E-state index in [4.69, 9.17) is 5.73 Å². The molecule has 0 aliphatic carbocycles. The lowest BCUT2D eigenvalue weighted by atomic mass is 10.1. The molecule has 1 aromatic rings. The van der Waals surface area contributed by atoms with Crippen molar-refractivity contribution < 1.29 is 10.2 Å². The van der Waals surface area contributed by atoms with E-state index in [1.54, 1.807) is 0 Å². The molecule has 0 amide bonds. The minimum atomic E-state index is -0.190. The van der Waals surface area contributed by atoms with Crippen LogP contribution in [-0.4, -0.2) is 16.8 Å². The van der Waals surface area contributed by atoms with E-state index in [9.17, 15) is 10.2 Å². The Morgan fingerprint density at radius 2 is 1.40 bits per heavy atom. The van der Waals surface area contributed by atoms with Gasteiger partial charge in [0.2, 0.25) is 0 Å². The van der Waals surface area contributed by atoms with Crippen molar-refractivity contribution in [2.24, 2.45) is 5.73 Å². The zero-order valence-electron chi connectivity index (χ0n) is 7.43. The number of aromatic hydroxyl groups is 2. The summed E-state index contributed by atoms with van der Waals surface area (Å²) in [5.74, 6) is -0.368. The first-order valence-corrected chi connectivity index (χ1v) is 6.15. The number of phenolic OH excluding ortho intramolecular Hbond substituents is 2. The van der Waals surface area contributed by atoms with Crippen LogP contribution in [0.1, 0.15) is 5.56 Å². The third kappa shape index (κ3) is 3.09. The molecule has 0 bridgehead atoms. The number of nitrogens with two attached hydrogens (primary N) is 1. The van der Waals surface area contributed by atoms with Gasteiger partial charge in [0.15, 0.2) is 11.5 Å². The molecular weight excluding hydrogens is 462 g/mol. The monoisotopic (exact) mass is 467 g/mol. The molecule has 0 saturated heterocycles. The molecule has 7 heteroatoms. The van der Waals surface area contributed by atoms with Gasteiger partial charge in [0.05, 0.1) is 8.95 Å². The molecule has 0 saturated carbocycles. The van der Waals surface area contributed by atoms with Crippen LogP contribution >= 0.6 is 64.8 Å². The summed E-state index contributed by atoms with van der Waals surface area (Å²) in [5, 5.41) is 19.0. The predicted octanol–water partition coefficient (Wildman–Crippen LogP) is 3.46. The molecule has 0 unspecified atom stereocenters. The van der Waals surface area contributed by atoms with E-state index >= 15 is 0 Å². The quantitative estimate of drug-likeness (QED) is 0.458. The van der Waals surface area contributed by atoms with Crippen LogP contribution in [0.5, 0.6) is 11.5 Å². The van der Waals surface area contributed by atoms with Gasteiger partial charge in [-0.1, -0.05) is 0 Å². The van der Waals surface area contributed by atoms with E-state index in [2.05, 4.69) is 47.8 Å². The Hall–Kier alpha value is 0.700. The second-order valence-corrected chi connectivity index (χ2v) is 5.04. The van der Waals surface area contributed by atoms with E-state index in [-0.39, 0.29) is 28.5 Å². The minimum absolute atomic E-state index is 0. The highest BCUT2D eigenvalue weighted by atomic mass is 79.9. The average Bonchev–Trinajstić information content (AvgIpc) is 2.19. The van der Waals surface area contributed by atoms with Crippen LogP contribution in [-0.2, 0) is 6.42 Å². The molecule has 0 spiro atoms. The Morgan fingerprint density at radius 3 is 1.87 bits per heavy atom. The number of halogens is 4. The highest BCUT2D eigenvalue weighted by molar-refractivity contribution is 9.13. The van der Waals surface area contributed by atoms with E-state index in [1.165, 1.54) is 0 Å². The standard InChI is InChI=1S/C8H8Br3NO2.BrH/c9-4-3(1-2-12)5(10)7(13)8(14)6(4)11;/h13-14H,1-2,12H2;1H. The largest absolute Gasteiger partial charge is 0.503 e. The van der Waals surface area contributed by atoms with Crippen molar-refractivity contribution in [2.45, 2.75) is 6.42 Å². The topological polar surface area (TPSA) is 66.5 Å². The maximum atomic E-state index is 9.53. The van der Waals surface area contributed by atoms with Crippen LogP contribution in [0.3, 0.4) is 0 Å². The van der Waals surface area contributed by atoms with Crippen LogP contribution in [0.4, 0.5) is 0 Å². The molecule has 0 atom stereocenters. The maximum absolute atomic E-state index is 9.53. The van der Waals surface area contributed by atoms with Crippen LogP contribution in [0, 0.1) is 0 Å². The van der Waals surface area contributed by atoms with E-state index in [0.717, 1.165) is 5.56 Å². The van der Waals surface area contributed by atoms with Gasteiger partial charge in [-0.3, -0.25) is 0 Å². The maximum Gasteiger partial charge on any atom is 0.174 e. The lowest BCUT2D eigenvalue weighted by Gasteiger charge is -2.12. The SMILES string of the molecule is Br.NCCc1c(Br)c(O)c(O)c(Br)c1Br. The van der Waals surface area contributed by atoms with E-state index < -0.39 is 0 Å². The van der Waals surface area contributed by atoms with Crippen molar-refractivity contribution in [3.05, 3.63) is 19.0 Å². The average molecular weight is 471 g/mol. The van der Waals surface area contributed by atoms with Crippen molar-refractivity contribution >= 4 is 64.8 Å². The molecule has 0 radical (unpaired) electrons. The summed E-state index contributed by atoms with van der Waals surface area (Å²) in [5.41, 5.74) is 6.26. The summed E-state index contributed by atoms with van der Waals surface area (Å²) in [6, 6.07) is 0. The third-order valence-corrected chi connectivity index (χ3v) is 4.79. The lowest BCUT2D eigenvalue weighted by molar-refractivity contribution is 0.398. The van der Waals surface area contributed by atoms with Crippen LogP contribution < -0.4 is 5.73 Å². The zero-order chi connectivity index (χ0) is 10.9. The number of benzene rings is 1. The third-order valence-electron chi connectivity index (χ3n) is 1.76. The summed E-state index contributed by atoms with van der Waals surface area (Å²) in [7, 11) is 0. The highest BCUT2D eigenvalue weighted by Gasteiger charge is 2.18. The van der Waals surface area contributed by atoms with Crippen molar-refractivity contribution in [3.63, 3.8) is 0 Å². The van der Waals surface area contributed by atoms with Crippen molar-refractivity contribution in [2.75, 3.05) is 6.54 Å².